The van der Waals surface area contributed by atoms with Gasteiger partial charge < -0.3 is 16.0 Å². The standard InChI is InChI=1S/C25H24ClN3O4S/c26-18-11-13-22(14-12-18)34(32,33)25(15-4-5-16-25)23(30)27-20-9-6-10-21(17-20)29-24(31)28-19-7-2-1-3-8-19/h1-3,6-14,17H,4-5,15-16H2,(H,27,30)(H2,28,29,31). The van der Waals surface area contributed by atoms with E-state index in [1.165, 1.54) is 24.3 Å². The van der Waals surface area contributed by atoms with E-state index in [0.717, 1.165) is 0 Å². The molecule has 0 radical (unpaired) electrons. The van der Waals surface area contributed by atoms with E-state index in [9.17, 15) is 18.0 Å². The topological polar surface area (TPSA) is 104 Å². The monoisotopic (exact) mass is 497 g/mol. The van der Waals surface area contributed by atoms with Gasteiger partial charge in [0.15, 0.2) is 14.6 Å². The van der Waals surface area contributed by atoms with Gasteiger partial charge in [-0.05, 0) is 67.4 Å². The lowest BCUT2D eigenvalue weighted by Gasteiger charge is -2.27. The zero-order valence-corrected chi connectivity index (χ0v) is 19.8. The highest BCUT2D eigenvalue weighted by molar-refractivity contribution is 7.93. The summed E-state index contributed by atoms with van der Waals surface area (Å²) in [4.78, 5) is 25.7. The molecule has 9 heteroatoms. The molecule has 0 aromatic heterocycles. The van der Waals surface area contributed by atoms with E-state index in [2.05, 4.69) is 16.0 Å². The van der Waals surface area contributed by atoms with Gasteiger partial charge in [-0.15, -0.1) is 0 Å². The molecule has 34 heavy (non-hydrogen) atoms. The molecule has 3 amide bonds. The molecule has 0 bridgehead atoms. The molecule has 1 fully saturated rings. The molecule has 1 saturated carbocycles. The molecule has 3 aromatic carbocycles. The predicted octanol–water partition coefficient (Wildman–Crippen LogP) is 5.71. The van der Waals surface area contributed by atoms with Crippen molar-refractivity contribution >= 4 is 50.4 Å². The van der Waals surface area contributed by atoms with Crippen molar-refractivity contribution in [2.24, 2.45) is 0 Å². The van der Waals surface area contributed by atoms with Gasteiger partial charge >= 0.3 is 6.03 Å². The van der Waals surface area contributed by atoms with Crippen LogP contribution in [0.15, 0.2) is 83.8 Å². The lowest BCUT2D eigenvalue weighted by Crippen LogP contribution is -2.47. The van der Waals surface area contributed by atoms with Gasteiger partial charge in [0, 0.05) is 22.1 Å². The quantitative estimate of drug-likeness (QED) is 0.405. The summed E-state index contributed by atoms with van der Waals surface area (Å²) in [7, 11) is -3.95. The summed E-state index contributed by atoms with van der Waals surface area (Å²) in [5.74, 6) is -0.578. The number of halogens is 1. The van der Waals surface area contributed by atoms with Crippen LogP contribution in [0.2, 0.25) is 5.02 Å². The zero-order chi connectivity index (χ0) is 24.2. The predicted molar refractivity (Wildman–Crippen MR) is 134 cm³/mol. The Balaban J connectivity index is 1.52. The minimum Gasteiger partial charge on any atom is -0.325 e. The maximum absolute atomic E-state index is 13.5. The number of carbonyl (C=O) groups is 2. The van der Waals surface area contributed by atoms with Crippen molar-refractivity contribution in [1.82, 2.24) is 0 Å². The number of urea groups is 1. The van der Waals surface area contributed by atoms with Crippen LogP contribution in [0.3, 0.4) is 0 Å². The average molecular weight is 498 g/mol. The number of amides is 3. The van der Waals surface area contributed by atoms with Crippen LogP contribution in [0, 0.1) is 0 Å². The molecular formula is C25H24ClN3O4S. The molecule has 0 aliphatic heterocycles. The molecule has 0 atom stereocenters. The Morgan fingerprint density at radius 1 is 0.735 bits per heavy atom. The lowest BCUT2D eigenvalue weighted by atomic mass is 10.1. The van der Waals surface area contributed by atoms with Crippen molar-refractivity contribution in [3.63, 3.8) is 0 Å². The SMILES string of the molecule is O=C(Nc1ccccc1)Nc1cccc(NC(=O)C2(S(=O)(=O)c3ccc(Cl)cc3)CCCC2)c1. The molecule has 4 rings (SSSR count). The maximum atomic E-state index is 13.5. The van der Waals surface area contributed by atoms with Crippen molar-refractivity contribution in [2.75, 3.05) is 16.0 Å². The third kappa shape index (κ3) is 4.93. The van der Waals surface area contributed by atoms with Crippen molar-refractivity contribution in [1.29, 1.82) is 0 Å². The van der Waals surface area contributed by atoms with Crippen molar-refractivity contribution in [3.8, 4) is 0 Å². The van der Waals surface area contributed by atoms with Crippen LogP contribution in [0.1, 0.15) is 25.7 Å². The molecule has 1 aliphatic rings. The Hall–Kier alpha value is -3.36. The zero-order valence-electron chi connectivity index (χ0n) is 18.3. The van der Waals surface area contributed by atoms with Crippen LogP contribution >= 0.6 is 11.6 Å². The number of anilines is 3. The summed E-state index contributed by atoms with van der Waals surface area (Å²) in [6, 6.07) is 21.0. The molecule has 3 N–H and O–H groups in total. The first-order chi connectivity index (χ1) is 16.3. The van der Waals surface area contributed by atoms with Gasteiger partial charge in [0.2, 0.25) is 5.91 Å². The Morgan fingerprint density at radius 3 is 1.94 bits per heavy atom. The van der Waals surface area contributed by atoms with Crippen LogP contribution < -0.4 is 16.0 Å². The molecule has 0 heterocycles. The molecular weight excluding hydrogens is 474 g/mol. The molecule has 3 aromatic rings. The van der Waals surface area contributed by atoms with Gasteiger partial charge in [0.05, 0.1) is 4.90 Å². The number of hydrogen-bond acceptors (Lipinski definition) is 4. The summed E-state index contributed by atoms with van der Waals surface area (Å²) in [6.07, 6.45) is 1.76. The third-order valence-corrected chi connectivity index (χ3v) is 8.64. The minimum absolute atomic E-state index is 0.0713. The fourth-order valence-electron chi connectivity index (χ4n) is 4.14. The Bertz CT molecular complexity index is 1290. The summed E-state index contributed by atoms with van der Waals surface area (Å²) < 4.78 is 25.5. The van der Waals surface area contributed by atoms with Gasteiger partial charge in [-0.25, -0.2) is 13.2 Å². The highest BCUT2D eigenvalue weighted by Gasteiger charge is 2.52. The van der Waals surface area contributed by atoms with Crippen LogP contribution in [0.5, 0.6) is 0 Å². The van der Waals surface area contributed by atoms with E-state index in [4.69, 9.17) is 11.6 Å². The summed E-state index contributed by atoms with van der Waals surface area (Å²) in [5, 5.41) is 8.61. The Labute approximate surface area is 203 Å². The fraction of sp³-hybridized carbons (Fsp3) is 0.200. The molecule has 176 valence electrons. The van der Waals surface area contributed by atoms with Gasteiger partial charge in [-0.3, -0.25) is 4.79 Å². The smallest absolute Gasteiger partial charge is 0.323 e. The van der Waals surface area contributed by atoms with E-state index >= 15 is 0 Å². The first-order valence-corrected chi connectivity index (χ1v) is 12.7. The number of hydrogen-bond donors (Lipinski definition) is 3. The first kappa shape index (κ1) is 23.8. The number of nitrogens with one attached hydrogen (secondary N) is 3. The van der Waals surface area contributed by atoms with Gasteiger partial charge in [-0.1, -0.05) is 48.7 Å². The van der Waals surface area contributed by atoms with Gasteiger partial charge in [-0.2, -0.15) is 0 Å². The number of benzene rings is 3. The highest BCUT2D eigenvalue weighted by Crippen LogP contribution is 2.41. The minimum atomic E-state index is -3.95. The van der Waals surface area contributed by atoms with Crippen molar-refractivity contribution < 1.29 is 18.0 Å². The Kier molecular flexibility index (Phi) is 6.90. The van der Waals surface area contributed by atoms with Gasteiger partial charge in [0.1, 0.15) is 0 Å². The normalized spacial score (nSPS) is 14.9. The molecule has 7 nitrogen and oxygen atoms in total. The van der Waals surface area contributed by atoms with E-state index in [0.29, 0.717) is 34.9 Å². The summed E-state index contributed by atoms with van der Waals surface area (Å²) >= 11 is 5.91. The molecule has 0 unspecified atom stereocenters. The summed E-state index contributed by atoms with van der Waals surface area (Å²) in [5.41, 5.74) is 1.48. The first-order valence-electron chi connectivity index (χ1n) is 10.8. The second-order valence-electron chi connectivity index (χ2n) is 8.14. The second-order valence-corrected chi connectivity index (χ2v) is 10.8. The van der Waals surface area contributed by atoms with Crippen molar-refractivity contribution in [3.05, 3.63) is 83.9 Å². The van der Waals surface area contributed by atoms with E-state index in [1.807, 2.05) is 18.2 Å². The van der Waals surface area contributed by atoms with Crippen LogP contribution in [0.4, 0.5) is 21.9 Å². The lowest BCUT2D eigenvalue weighted by molar-refractivity contribution is -0.118. The Morgan fingerprint density at radius 2 is 1.29 bits per heavy atom. The summed E-state index contributed by atoms with van der Waals surface area (Å²) in [6.45, 7) is 0. The maximum Gasteiger partial charge on any atom is 0.323 e. The molecule has 1 aliphatic carbocycles. The fourth-order valence-corrected chi connectivity index (χ4v) is 6.33. The van der Waals surface area contributed by atoms with Crippen LogP contribution in [-0.2, 0) is 14.6 Å². The van der Waals surface area contributed by atoms with Crippen LogP contribution in [-0.4, -0.2) is 25.1 Å². The largest absolute Gasteiger partial charge is 0.325 e. The number of carbonyl (C=O) groups excluding carboxylic acids is 2. The average Bonchev–Trinajstić information content (AvgIpc) is 3.32. The number of sulfone groups is 1. The highest BCUT2D eigenvalue weighted by atomic mass is 35.5. The van der Waals surface area contributed by atoms with Crippen molar-refractivity contribution in [2.45, 2.75) is 35.3 Å². The van der Waals surface area contributed by atoms with E-state index in [-0.39, 0.29) is 17.7 Å². The van der Waals surface area contributed by atoms with Crippen LogP contribution in [0.25, 0.3) is 0 Å². The number of rotatable bonds is 6. The van der Waals surface area contributed by atoms with E-state index < -0.39 is 26.5 Å². The second kappa shape index (κ2) is 9.87. The van der Waals surface area contributed by atoms with Gasteiger partial charge in [0.25, 0.3) is 0 Å². The van der Waals surface area contributed by atoms with E-state index in [1.54, 1.807) is 36.4 Å². The molecule has 0 spiro atoms. The number of para-hydroxylation sites is 1. The third-order valence-electron chi connectivity index (χ3n) is 5.87. The molecule has 0 saturated heterocycles.